The fraction of sp³-hybridized carbons (Fsp3) is 0.286. The molecule has 0 saturated carbocycles. The fourth-order valence-electron chi connectivity index (χ4n) is 1.12. The van der Waals surface area contributed by atoms with Gasteiger partial charge >= 0.3 is 22.0 Å². The molecule has 0 bridgehead atoms. The van der Waals surface area contributed by atoms with Gasteiger partial charge in [0.2, 0.25) is 6.20 Å². The third-order valence-electron chi connectivity index (χ3n) is 1.77. The van der Waals surface area contributed by atoms with Gasteiger partial charge in [0.15, 0.2) is 0 Å². The number of hydrogen-bond acceptors (Lipinski definition) is 6. The van der Waals surface area contributed by atoms with Crippen LogP contribution in [0.5, 0.6) is 11.6 Å². The number of aryl methyl sites for hydroxylation is 1. The van der Waals surface area contributed by atoms with Gasteiger partial charge in [0.1, 0.15) is 13.1 Å². The molecule has 0 spiro atoms. The van der Waals surface area contributed by atoms with E-state index in [1.54, 1.807) is 0 Å². The Morgan fingerprint density at radius 3 is 2.53 bits per heavy atom. The maximum absolute atomic E-state index is 10.7. The molecule has 0 atom stereocenters. The second-order valence-electron chi connectivity index (χ2n) is 2.94. The van der Waals surface area contributed by atoms with Crippen LogP contribution in [-0.2, 0) is 17.4 Å². The first-order valence-corrected chi connectivity index (χ1v) is 5.50. The van der Waals surface area contributed by atoms with E-state index in [1.807, 2.05) is 0 Å². The number of nitro groups is 1. The summed E-state index contributed by atoms with van der Waals surface area (Å²) in [7, 11) is -2.08. The number of methoxy groups -OCH3 is 1. The molecule has 9 nitrogen and oxygen atoms in total. The minimum Gasteiger partial charge on any atom is -0.448 e. The third-order valence-corrected chi connectivity index (χ3v) is 2.16. The minimum absolute atomic E-state index is 0.124. The van der Waals surface area contributed by atoms with Gasteiger partial charge in [-0.25, -0.2) is 0 Å². The van der Waals surface area contributed by atoms with Crippen molar-refractivity contribution in [3.05, 3.63) is 22.4 Å². The largest absolute Gasteiger partial charge is 0.448 e. The third kappa shape index (κ3) is 3.26. The number of rotatable bonds is 4. The summed E-state index contributed by atoms with van der Waals surface area (Å²) in [6.07, 6.45) is 1.00. The number of ether oxygens (including phenoxy) is 1. The SMILES string of the molecule is COc1cc([N+](=O)[O-])c(OS(=O)(=O)O)c[n+]1C. The van der Waals surface area contributed by atoms with Crippen LogP contribution in [-0.4, -0.2) is 25.0 Å². The van der Waals surface area contributed by atoms with E-state index < -0.39 is 26.8 Å². The van der Waals surface area contributed by atoms with E-state index in [0.717, 1.165) is 12.3 Å². The molecular formula is C7H9N2O7S+. The molecule has 17 heavy (non-hydrogen) atoms. The van der Waals surface area contributed by atoms with Crippen LogP contribution >= 0.6 is 0 Å². The second kappa shape index (κ2) is 4.51. The van der Waals surface area contributed by atoms with Crippen molar-refractivity contribution < 1.29 is 31.4 Å². The Labute approximate surface area is 96.3 Å². The molecule has 0 aliphatic rings. The van der Waals surface area contributed by atoms with Gasteiger partial charge in [0, 0.05) is 0 Å². The minimum atomic E-state index is -4.83. The monoisotopic (exact) mass is 265 g/mol. The van der Waals surface area contributed by atoms with Crippen molar-refractivity contribution in [1.29, 1.82) is 0 Å². The van der Waals surface area contributed by atoms with Gasteiger partial charge in [0.25, 0.3) is 5.75 Å². The van der Waals surface area contributed by atoms with Crippen molar-refractivity contribution in [3.63, 3.8) is 0 Å². The first-order chi connectivity index (χ1) is 7.74. The van der Waals surface area contributed by atoms with Crippen LogP contribution in [0, 0.1) is 10.1 Å². The number of aromatic nitrogens is 1. The van der Waals surface area contributed by atoms with Gasteiger partial charge in [-0.1, -0.05) is 0 Å². The van der Waals surface area contributed by atoms with Crippen molar-refractivity contribution in [2.45, 2.75) is 0 Å². The molecule has 0 radical (unpaired) electrons. The molecule has 1 N–H and O–H groups in total. The van der Waals surface area contributed by atoms with E-state index in [0.29, 0.717) is 0 Å². The standard InChI is InChI=1S/C7H8N2O7S/c1-8-4-6(16-17(12,13)14)5(9(10)11)3-7(8)15-2/h3-4H,1-2H3/p+1. The molecule has 0 amide bonds. The van der Waals surface area contributed by atoms with Gasteiger partial charge in [-0.2, -0.15) is 13.0 Å². The highest BCUT2D eigenvalue weighted by atomic mass is 32.3. The maximum atomic E-state index is 10.7. The van der Waals surface area contributed by atoms with Gasteiger partial charge in [-0.15, -0.1) is 0 Å². The Morgan fingerprint density at radius 1 is 1.53 bits per heavy atom. The normalized spacial score (nSPS) is 11.0. The topological polar surface area (TPSA) is 120 Å². The summed E-state index contributed by atoms with van der Waals surface area (Å²) in [6, 6.07) is 0.973. The average Bonchev–Trinajstić information content (AvgIpc) is 2.14. The molecule has 0 aliphatic heterocycles. The highest BCUT2D eigenvalue weighted by molar-refractivity contribution is 7.81. The molecular weight excluding hydrogens is 256 g/mol. The van der Waals surface area contributed by atoms with Crippen molar-refractivity contribution in [1.82, 2.24) is 0 Å². The quantitative estimate of drug-likeness (QED) is 0.340. The molecule has 0 aliphatic carbocycles. The summed E-state index contributed by atoms with van der Waals surface area (Å²) in [5.74, 6) is -0.486. The van der Waals surface area contributed by atoms with Crippen molar-refractivity contribution in [2.75, 3.05) is 7.11 Å². The molecule has 0 aromatic carbocycles. The number of hydrogen-bond donors (Lipinski definition) is 1. The van der Waals surface area contributed by atoms with Crippen LogP contribution in [0.4, 0.5) is 5.69 Å². The molecule has 0 unspecified atom stereocenters. The van der Waals surface area contributed by atoms with Crippen LogP contribution in [0.3, 0.4) is 0 Å². The summed E-state index contributed by atoms with van der Waals surface area (Å²) in [5.41, 5.74) is -0.641. The summed E-state index contributed by atoms with van der Waals surface area (Å²) >= 11 is 0. The lowest BCUT2D eigenvalue weighted by Crippen LogP contribution is -2.30. The predicted octanol–water partition coefficient (Wildman–Crippen LogP) is -0.391. The predicted molar refractivity (Wildman–Crippen MR) is 53.0 cm³/mol. The summed E-state index contributed by atoms with van der Waals surface area (Å²) in [5, 5.41) is 10.7. The van der Waals surface area contributed by atoms with Crippen LogP contribution in [0.1, 0.15) is 0 Å². The average molecular weight is 265 g/mol. The van der Waals surface area contributed by atoms with E-state index in [1.165, 1.54) is 18.7 Å². The van der Waals surface area contributed by atoms with E-state index in [2.05, 4.69) is 4.18 Å². The molecule has 1 heterocycles. The van der Waals surface area contributed by atoms with Crippen LogP contribution in [0.2, 0.25) is 0 Å². The number of pyridine rings is 1. The maximum Gasteiger partial charge on any atom is 0.446 e. The first kappa shape index (κ1) is 13.1. The Kier molecular flexibility index (Phi) is 3.48. The van der Waals surface area contributed by atoms with E-state index in [4.69, 9.17) is 9.29 Å². The summed E-state index contributed by atoms with van der Waals surface area (Å²) in [4.78, 5) is 9.81. The molecule has 10 heteroatoms. The van der Waals surface area contributed by atoms with Gasteiger partial charge in [-0.05, 0) is 0 Å². The van der Waals surface area contributed by atoms with E-state index in [9.17, 15) is 18.5 Å². The fourth-order valence-corrected chi connectivity index (χ4v) is 1.47. The van der Waals surface area contributed by atoms with E-state index in [-0.39, 0.29) is 5.88 Å². The Balaban J connectivity index is 3.38. The number of nitrogens with zero attached hydrogens (tertiary/aromatic N) is 2. The lowest BCUT2D eigenvalue weighted by atomic mass is 10.4. The van der Waals surface area contributed by atoms with Crippen molar-refractivity contribution in [3.8, 4) is 11.6 Å². The second-order valence-corrected chi connectivity index (χ2v) is 3.97. The summed E-state index contributed by atoms with van der Waals surface area (Å²) < 4.78 is 39.7. The van der Waals surface area contributed by atoms with Crippen LogP contribution in [0.15, 0.2) is 12.3 Å². The molecule has 1 aromatic heterocycles. The molecule has 1 rings (SSSR count). The Hall–Kier alpha value is -1.94. The zero-order valence-electron chi connectivity index (χ0n) is 8.85. The van der Waals surface area contributed by atoms with Gasteiger partial charge in [-0.3, -0.25) is 14.7 Å². The van der Waals surface area contributed by atoms with Crippen molar-refractivity contribution in [2.24, 2.45) is 7.05 Å². The molecule has 94 valence electrons. The molecule has 0 fully saturated rings. The molecule has 0 saturated heterocycles. The van der Waals surface area contributed by atoms with Gasteiger partial charge in [0.05, 0.1) is 12.0 Å². The summed E-state index contributed by atoms with van der Waals surface area (Å²) in [6.45, 7) is 0. The smallest absolute Gasteiger partial charge is 0.446 e. The van der Waals surface area contributed by atoms with Crippen LogP contribution < -0.4 is 13.5 Å². The Bertz CT molecular complexity index is 554. The highest BCUT2D eigenvalue weighted by Gasteiger charge is 2.27. The molecule has 1 aromatic rings. The zero-order chi connectivity index (χ0) is 13.2. The first-order valence-electron chi connectivity index (χ1n) is 4.13. The van der Waals surface area contributed by atoms with Crippen LogP contribution in [0.25, 0.3) is 0 Å². The van der Waals surface area contributed by atoms with Gasteiger partial charge < -0.3 is 8.92 Å². The van der Waals surface area contributed by atoms with Crippen molar-refractivity contribution >= 4 is 16.1 Å². The Morgan fingerprint density at radius 2 is 2.12 bits per heavy atom. The lowest BCUT2D eigenvalue weighted by molar-refractivity contribution is -0.677. The van der Waals surface area contributed by atoms with E-state index >= 15 is 0 Å². The zero-order valence-corrected chi connectivity index (χ0v) is 9.67. The lowest BCUT2D eigenvalue weighted by Gasteiger charge is -2.03. The highest BCUT2D eigenvalue weighted by Crippen LogP contribution is 2.28.